The molecule has 2 fully saturated rings. The highest BCUT2D eigenvalue weighted by atomic mass is 19.4. The van der Waals surface area contributed by atoms with E-state index >= 15 is 0 Å². The highest BCUT2D eigenvalue weighted by Crippen LogP contribution is 2.32. The summed E-state index contributed by atoms with van der Waals surface area (Å²) in [5.74, 6) is 0.702. The second kappa shape index (κ2) is 8.66. The summed E-state index contributed by atoms with van der Waals surface area (Å²) in [6, 6.07) is 4.06. The van der Waals surface area contributed by atoms with Crippen LogP contribution in [0, 0.1) is 17.2 Å². The number of ether oxygens (including phenoxy) is 1. The van der Waals surface area contributed by atoms with Crippen molar-refractivity contribution in [1.82, 2.24) is 9.88 Å². The predicted molar refractivity (Wildman–Crippen MR) is 100.0 cm³/mol. The van der Waals surface area contributed by atoms with Crippen molar-refractivity contribution >= 4 is 5.82 Å². The van der Waals surface area contributed by atoms with E-state index < -0.39 is 11.9 Å². The van der Waals surface area contributed by atoms with E-state index in [1.54, 1.807) is 0 Å². The molecule has 0 N–H and O–H groups in total. The average Bonchev–Trinajstić information content (AvgIpc) is 2.65. The largest absolute Gasteiger partial charge is 0.433 e. The molecule has 2 aliphatic heterocycles. The van der Waals surface area contributed by atoms with Gasteiger partial charge in [0.15, 0.2) is 0 Å². The van der Waals surface area contributed by atoms with E-state index in [1.165, 1.54) is 6.07 Å². The number of nitrogens with zero attached hydrogens (tertiary/aromatic N) is 4. The van der Waals surface area contributed by atoms with Crippen LogP contribution in [-0.4, -0.2) is 54.8 Å². The van der Waals surface area contributed by atoms with Crippen molar-refractivity contribution in [3.8, 4) is 6.07 Å². The lowest BCUT2D eigenvalue weighted by Crippen LogP contribution is -2.46. The first kappa shape index (κ1) is 20.9. The molecule has 0 saturated carbocycles. The minimum absolute atomic E-state index is 0.159. The molecule has 0 aromatic carbocycles. The van der Waals surface area contributed by atoms with Crippen LogP contribution in [0.4, 0.5) is 19.0 Å². The van der Waals surface area contributed by atoms with E-state index in [0.717, 1.165) is 45.0 Å². The lowest BCUT2D eigenvalue weighted by Gasteiger charge is -2.37. The van der Waals surface area contributed by atoms with E-state index in [9.17, 15) is 18.4 Å². The van der Waals surface area contributed by atoms with Crippen LogP contribution >= 0.6 is 0 Å². The molecule has 0 bridgehead atoms. The standard InChI is InChI=1S/C20H27F3N4O/c1-14-12-26(13-15(2)28-14)8-5-16-6-9-27(10-7-16)19-17(11-24)3-4-18(25-19)20(21,22)23/h3-4,14-16H,5-10,12-13H2,1-2H3. The third kappa shape index (κ3) is 5.15. The lowest BCUT2D eigenvalue weighted by molar-refractivity contribution is -0.141. The van der Waals surface area contributed by atoms with Gasteiger partial charge in [-0.05, 0) is 57.7 Å². The maximum Gasteiger partial charge on any atom is 0.433 e. The first-order chi connectivity index (χ1) is 13.3. The van der Waals surface area contributed by atoms with Crippen LogP contribution in [0.15, 0.2) is 12.1 Å². The van der Waals surface area contributed by atoms with Crippen molar-refractivity contribution in [2.75, 3.05) is 37.6 Å². The van der Waals surface area contributed by atoms with Gasteiger partial charge in [-0.3, -0.25) is 4.90 Å². The Kier molecular flexibility index (Phi) is 6.46. The SMILES string of the molecule is CC1CN(CCC2CCN(c3nc(C(F)(F)F)ccc3C#N)CC2)CC(C)O1. The third-order valence-corrected chi connectivity index (χ3v) is 5.55. The summed E-state index contributed by atoms with van der Waals surface area (Å²) >= 11 is 0. The van der Waals surface area contributed by atoms with Gasteiger partial charge in [0.25, 0.3) is 0 Å². The van der Waals surface area contributed by atoms with E-state index in [0.29, 0.717) is 19.0 Å². The fourth-order valence-corrected chi connectivity index (χ4v) is 4.20. The first-order valence-electron chi connectivity index (χ1n) is 9.87. The summed E-state index contributed by atoms with van der Waals surface area (Å²) in [6.07, 6.45) is -1.12. The molecular formula is C20H27F3N4O. The number of aromatic nitrogens is 1. The second-order valence-electron chi connectivity index (χ2n) is 7.91. The lowest BCUT2D eigenvalue weighted by atomic mass is 9.93. The predicted octanol–water partition coefficient (Wildman–Crippen LogP) is 3.69. The Morgan fingerprint density at radius 3 is 2.39 bits per heavy atom. The second-order valence-corrected chi connectivity index (χ2v) is 7.91. The number of morpholine rings is 1. The molecule has 0 spiro atoms. The number of piperidine rings is 1. The molecule has 2 saturated heterocycles. The van der Waals surface area contributed by atoms with Crippen LogP contribution in [0.1, 0.15) is 44.4 Å². The zero-order chi connectivity index (χ0) is 20.3. The fraction of sp³-hybridized carbons (Fsp3) is 0.700. The smallest absolute Gasteiger partial charge is 0.373 e. The number of alkyl halides is 3. The van der Waals surface area contributed by atoms with Crippen LogP contribution in [-0.2, 0) is 10.9 Å². The number of nitriles is 1. The molecule has 3 rings (SSSR count). The minimum atomic E-state index is -4.51. The van der Waals surface area contributed by atoms with Gasteiger partial charge in [0.05, 0.1) is 17.8 Å². The monoisotopic (exact) mass is 396 g/mol. The number of hydrogen-bond acceptors (Lipinski definition) is 5. The average molecular weight is 396 g/mol. The number of pyridine rings is 1. The van der Waals surface area contributed by atoms with Gasteiger partial charge in [-0.2, -0.15) is 18.4 Å². The van der Waals surface area contributed by atoms with Gasteiger partial charge in [0.1, 0.15) is 17.6 Å². The molecule has 2 unspecified atom stereocenters. The van der Waals surface area contributed by atoms with Crippen molar-refractivity contribution in [1.29, 1.82) is 5.26 Å². The maximum atomic E-state index is 13.0. The Morgan fingerprint density at radius 1 is 1.18 bits per heavy atom. The van der Waals surface area contributed by atoms with Gasteiger partial charge in [0, 0.05) is 26.2 Å². The van der Waals surface area contributed by atoms with Crippen LogP contribution in [0.2, 0.25) is 0 Å². The van der Waals surface area contributed by atoms with E-state index in [4.69, 9.17) is 4.74 Å². The Balaban J connectivity index is 1.56. The van der Waals surface area contributed by atoms with E-state index in [2.05, 4.69) is 23.7 Å². The van der Waals surface area contributed by atoms with Gasteiger partial charge in [-0.25, -0.2) is 4.98 Å². The van der Waals surface area contributed by atoms with E-state index in [1.807, 2.05) is 11.0 Å². The molecule has 28 heavy (non-hydrogen) atoms. The molecule has 1 aromatic rings. The third-order valence-electron chi connectivity index (χ3n) is 5.55. The fourth-order valence-electron chi connectivity index (χ4n) is 4.20. The normalized spacial score (nSPS) is 24.9. The maximum absolute atomic E-state index is 13.0. The Morgan fingerprint density at radius 2 is 1.82 bits per heavy atom. The molecule has 0 aliphatic carbocycles. The highest BCUT2D eigenvalue weighted by Gasteiger charge is 2.34. The topological polar surface area (TPSA) is 52.4 Å². The summed E-state index contributed by atoms with van der Waals surface area (Å²) in [6.45, 7) is 8.36. The molecule has 8 heteroatoms. The molecule has 0 radical (unpaired) electrons. The molecular weight excluding hydrogens is 369 g/mol. The molecule has 5 nitrogen and oxygen atoms in total. The van der Waals surface area contributed by atoms with Crippen molar-refractivity contribution < 1.29 is 17.9 Å². The summed E-state index contributed by atoms with van der Waals surface area (Å²) < 4.78 is 44.7. The molecule has 0 amide bonds. The highest BCUT2D eigenvalue weighted by molar-refractivity contribution is 5.54. The van der Waals surface area contributed by atoms with E-state index in [-0.39, 0.29) is 23.6 Å². The molecule has 1 aromatic heterocycles. The first-order valence-corrected chi connectivity index (χ1v) is 9.87. The Hall–Kier alpha value is -1.85. The van der Waals surface area contributed by atoms with Crippen molar-refractivity contribution in [3.05, 3.63) is 23.4 Å². The molecule has 2 aliphatic rings. The number of anilines is 1. The Bertz CT molecular complexity index is 700. The number of hydrogen-bond donors (Lipinski definition) is 0. The summed E-state index contributed by atoms with van der Waals surface area (Å²) in [5, 5.41) is 9.25. The molecule has 2 atom stereocenters. The summed E-state index contributed by atoms with van der Waals surface area (Å²) in [7, 11) is 0. The van der Waals surface area contributed by atoms with Crippen LogP contribution in [0.3, 0.4) is 0 Å². The van der Waals surface area contributed by atoms with Crippen LogP contribution in [0.5, 0.6) is 0 Å². The zero-order valence-electron chi connectivity index (χ0n) is 16.4. The molecule has 3 heterocycles. The van der Waals surface area contributed by atoms with Crippen LogP contribution in [0.25, 0.3) is 0 Å². The van der Waals surface area contributed by atoms with Gasteiger partial charge in [-0.15, -0.1) is 0 Å². The minimum Gasteiger partial charge on any atom is -0.373 e. The van der Waals surface area contributed by atoms with Gasteiger partial charge >= 0.3 is 6.18 Å². The van der Waals surface area contributed by atoms with Gasteiger partial charge in [0.2, 0.25) is 0 Å². The van der Waals surface area contributed by atoms with Crippen molar-refractivity contribution in [2.24, 2.45) is 5.92 Å². The van der Waals surface area contributed by atoms with Gasteiger partial charge < -0.3 is 9.64 Å². The zero-order valence-corrected chi connectivity index (χ0v) is 16.4. The van der Waals surface area contributed by atoms with Gasteiger partial charge in [-0.1, -0.05) is 0 Å². The quantitative estimate of drug-likeness (QED) is 0.777. The van der Waals surface area contributed by atoms with Crippen LogP contribution < -0.4 is 4.90 Å². The summed E-state index contributed by atoms with van der Waals surface area (Å²) in [4.78, 5) is 8.02. The summed E-state index contributed by atoms with van der Waals surface area (Å²) in [5.41, 5.74) is -0.748. The Labute approximate surface area is 164 Å². The van der Waals surface area contributed by atoms with Crippen molar-refractivity contribution in [2.45, 2.75) is 51.5 Å². The molecule has 154 valence electrons. The number of halogens is 3. The van der Waals surface area contributed by atoms with Crippen molar-refractivity contribution in [3.63, 3.8) is 0 Å². The number of rotatable bonds is 4.